The second kappa shape index (κ2) is 4.57. The zero-order valence-electron chi connectivity index (χ0n) is 11.2. The van der Waals surface area contributed by atoms with Crippen LogP contribution >= 0.6 is 0 Å². The summed E-state index contributed by atoms with van der Waals surface area (Å²) in [4.78, 5) is 15.1. The van der Waals surface area contributed by atoms with Crippen molar-refractivity contribution in [2.75, 3.05) is 5.23 Å². The maximum absolute atomic E-state index is 12.0. The number of rotatable bonds is 3. The van der Waals surface area contributed by atoms with Crippen LogP contribution in [0.2, 0.25) is 0 Å². The van der Waals surface area contributed by atoms with Crippen LogP contribution in [0, 0.1) is 0 Å². The maximum atomic E-state index is 12.0. The van der Waals surface area contributed by atoms with Gasteiger partial charge in [0.1, 0.15) is 16.9 Å². The Labute approximate surface area is 110 Å². The van der Waals surface area contributed by atoms with E-state index in [0.29, 0.717) is 5.69 Å². The van der Waals surface area contributed by atoms with Gasteiger partial charge >= 0.3 is 6.61 Å². The minimum atomic E-state index is -2.89. The fourth-order valence-corrected chi connectivity index (χ4v) is 1.40. The Hall–Kier alpha value is -1.47. The Morgan fingerprint density at radius 3 is 2.16 bits per heavy atom. The predicted octanol–water partition coefficient (Wildman–Crippen LogP) is 2.92. The van der Waals surface area contributed by atoms with Crippen molar-refractivity contribution in [3.05, 3.63) is 18.3 Å². The first-order valence-electron chi connectivity index (χ1n) is 5.80. The molecule has 0 spiro atoms. The van der Waals surface area contributed by atoms with E-state index in [2.05, 4.69) is 9.72 Å². The van der Waals surface area contributed by atoms with E-state index in [4.69, 9.17) is 9.68 Å². The molecule has 0 amide bonds. The number of aromatic nitrogens is 1. The highest BCUT2D eigenvalue weighted by molar-refractivity contribution is 5.41. The number of ether oxygens (including phenoxy) is 1. The zero-order valence-corrected chi connectivity index (χ0v) is 11.2. The fourth-order valence-electron chi connectivity index (χ4n) is 1.40. The average molecular weight is 274 g/mol. The Kier molecular flexibility index (Phi) is 3.36. The van der Waals surface area contributed by atoms with Gasteiger partial charge in [0, 0.05) is 6.07 Å². The van der Waals surface area contributed by atoms with E-state index in [-0.39, 0.29) is 5.88 Å². The number of anilines is 1. The summed E-state index contributed by atoms with van der Waals surface area (Å²) in [6.45, 7) is 4.70. The minimum absolute atomic E-state index is 0.156. The van der Waals surface area contributed by atoms with Gasteiger partial charge in [-0.1, -0.05) is 0 Å². The topological polar surface area (TPSA) is 43.8 Å². The summed E-state index contributed by atoms with van der Waals surface area (Å²) in [5.41, 5.74) is -0.545. The molecule has 0 saturated carbocycles. The van der Waals surface area contributed by atoms with E-state index in [1.54, 1.807) is 0 Å². The Bertz CT molecular complexity index is 433. The molecule has 19 heavy (non-hydrogen) atoms. The van der Waals surface area contributed by atoms with Gasteiger partial charge in [0.05, 0.1) is 6.20 Å². The van der Waals surface area contributed by atoms with Crippen molar-refractivity contribution in [1.29, 1.82) is 0 Å². The number of halogens is 2. The van der Waals surface area contributed by atoms with E-state index in [0.717, 1.165) is 0 Å². The molecular formula is C12H16F2N2O3. The van der Waals surface area contributed by atoms with Crippen molar-refractivity contribution in [2.24, 2.45) is 0 Å². The molecule has 7 heteroatoms. The average Bonchev–Trinajstić information content (AvgIpc) is 2.48. The molecule has 0 aliphatic carbocycles. The summed E-state index contributed by atoms with van der Waals surface area (Å²) >= 11 is 0. The van der Waals surface area contributed by atoms with Gasteiger partial charge in [0.15, 0.2) is 0 Å². The molecule has 0 atom stereocenters. The highest BCUT2D eigenvalue weighted by atomic mass is 19.3. The lowest BCUT2D eigenvalue weighted by Gasteiger charge is -2.26. The van der Waals surface area contributed by atoms with Gasteiger partial charge in [0.25, 0.3) is 0 Å². The first kappa shape index (κ1) is 14.0. The first-order valence-corrected chi connectivity index (χ1v) is 5.80. The molecular weight excluding hydrogens is 258 g/mol. The normalized spacial score (nSPS) is 20.9. The standard InChI is InChI=1S/C12H16F2N2O3/c1-11(2)12(3,4)19-16(18-11)8-5-6-9(15-7-8)17-10(13)14/h5-7,10H,1-4H3. The lowest BCUT2D eigenvalue weighted by Crippen LogP contribution is -2.41. The van der Waals surface area contributed by atoms with Crippen molar-refractivity contribution in [3.8, 4) is 5.88 Å². The molecule has 1 aliphatic heterocycles. The summed E-state index contributed by atoms with van der Waals surface area (Å²) in [5.74, 6) is -0.156. The van der Waals surface area contributed by atoms with E-state index in [1.807, 2.05) is 27.7 Å². The maximum Gasteiger partial charge on any atom is 0.388 e. The Morgan fingerprint density at radius 1 is 1.16 bits per heavy atom. The van der Waals surface area contributed by atoms with E-state index < -0.39 is 17.8 Å². The fraction of sp³-hybridized carbons (Fsp3) is 0.583. The molecule has 1 fully saturated rings. The SMILES string of the molecule is CC1(C)ON(c2ccc(OC(F)F)nc2)OC1(C)C. The number of nitrogens with zero attached hydrogens (tertiary/aromatic N) is 2. The highest BCUT2D eigenvalue weighted by Gasteiger charge is 2.50. The first-order chi connectivity index (χ1) is 8.71. The van der Waals surface area contributed by atoms with Crippen molar-refractivity contribution < 1.29 is 23.2 Å². The van der Waals surface area contributed by atoms with Crippen molar-refractivity contribution in [3.63, 3.8) is 0 Å². The number of pyridine rings is 1. The molecule has 0 unspecified atom stereocenters. The van der Waals surface area contributed by atoms with Gasteiger partial charge in [0.2, 0.25) is 5.88 Å². The molecule has 1 aliphatic rings. The van der Waals surface area contributed by atoms with E-state index in [9.17, 15) is 8.78 Å². The Morgan fingerprint density at radius 2 is 1.74 bits per heavy atom. The number of hydrogen-bond donors (Lipinski definition) is 0. The second-order valence-corrected chi connectivity index (χ2v) is 5.19. The second-order valence-electron chi connectivity index (χ2n) is 5.19. The lowest BCUT2D eigenvalue weighted by molar-refractivity contribution is -0.0529. The molecule has 1 aromatic rings. The van der Waals surface area contributed by atoms with Gasteiger partial charge in [-0.15, -0.1) is 5.23 Å². The molecule has 0 aromatic carbocycles. The van der Waals surface area contributed by atoms with Crippen LogP contribution in [0.15, 0.2) is 18.3 Å². The molecule has 0 radical (unpaired) electrons. The zero-order chi connectivity index (χ0) is 14.3. The molecule has 106 valence electrons. The molecule has 0 bridgehead atoms. The highest BCUT2D eigenvalue weighted by Crippen LogP contribution is 2.39. The quantitative estimate of drug-likeness (QED) is 0.848. The van der Waals surface area contributed by atoms with Crippen LogP contribution in [0.5, 0.6) is 5.88 Å². The molecule has 1 aromatic heterocycles. The summed E-state index contributed by atoms with van der Waals surface area (Å²) in [5, 5.41) is 1.24. The van der Waals surface area contributed by atoms with Crippen molar-refractivity contribution >= 4 is 5.69 Å². The number of alkyl halides is 2. The van der Waals surface area contributed by atoms with Crippen LogP contribution in [-0.4, -0.2) is 22.8 Å². The van der Waals surface area contributed by atoms with Gasteiger partial charge in [-0.2, -0.15) is 8.78 Å². The van der Waals surface area contributed by atoms with E-state index in [1.165, 1.54) is 23.6 Å². The van der Waals surface area contributed by atoms with Gasteiger partial charge in [-0.3, -0.25) is 0 Å². The monoisotopic (exact) mass is 274 g/mol. The molecule has 2 heterocycles. The third-order valence-electron chi connectivity index (χ3n) is 3.21. The molecule has 5 nitrogen and oxygen atoms in total. The van der Waals surface area contributed by atoms with Crippen molar-refractivity contribution in [1.82, 2.24) is 4.98 Å². The van der Waals surface area contributed by atoms with Gasteiger partial charge in [-0.05, 0) is 33.8 Å². The summed E-state index contributed by atoms with van der Waals surface area (Å²) in [7, 11) is 0. The van der Waals surface area contributed by atoms with Crippen LogP contribution in [0.4, 0.5) is 14.5 Å². The van der Waals surface area contributed by atoms with Gasteiger partial charge < -0.3 is 4.74 Å². The summed E-state index contributed by atoms with van der Waals surface area (Å²) < 4.78 is 28.2. The smallest absolute Gasteiger partial charge is 0.388 e. The third-order valence-corrected chi connectivity index (χ3v) is 3.21. The summed E-state index contributed by atoms with van der Waals surface area (Å²) in [6, 6.07) is 2.86. The summed E-state index contributed by atoms with van der Waals surface area (Å²) in [6.07, 6.45) is 1.34. The molecule has 2 rings (SSSR count). The van der Waals surface area contributed by atoms with Crippen LogP contribution in [0.3, 0.4) is 0 Å². The largest absolute Gasteiger partial charge is 0.417 e. The van der Waals surface area contributed by atoms with Crippen LogP contribution in [0.25, 0.3) is 0 Å². The molecule has 0 N–H and O–H groups in total. The number of hydrogen-bond acceptors (Lipinski definition) is 5. The lowest BCUT2D eigenvalue weighted by atomic mass is 9.90. The van der Waals surface area contributed by atoms with Crippen LogP contribution in [0.1, 0.15) is 27.7 Å². The molecule has 1 saturated heterocycles. The van der Waals surface area contributed by atoms with Gasteiger partial charge in [-0.25, -0.2) is 14.7 Å². The third kappa shape index (κ3) is 2.76. The van der Waals surface area contributed by atoms with Crippen LogP contribution < -0.4 is 9.96 Å². The minimum Gasteiger partial charge on any atom is -0.417 e. The van der Waals surface area contributed by atoms with Crippen molar-refractivity contribution in [2.45, 2.75) is 45.5 Å². The van der Waals surface area contributed by atoms with Crippen LogP contribution in [-0.2, 0) is 9.68 Å². The Balaban J connectivity index is 2.12. The predicted molar refractivity (Wildman–Crippen MR) is 63.7 cm³/mol. The van der Waals surface area contributed by atoms with E-state index >= 15 is 0 Å².